The lowest BCUT2D eigenvalue weighted by atomic mass is 9.97. The fourth-order valence-corrected chi connectivity index (χ4v) is 1.22. The lowest BCUT2D eigenvalue weighted by molar-refractivity contribution is -0.145. The zero-order chi connectivity index (χ0) is 13.9. The summed E-state index contributed by atoms with van der Waals surface area (Å²) < 4.78 is 4.90. The minimum absolute atomic E-state index is 0.383. The average Bonchev–Trinajstić information content (AvgIpc) is 2.30. The van der Waals surface area contributed by atoms with E-state index in [-0.39, 0.29) is 6.10 Å². The van der Waals surface area contributed by atoms with Gasteiger partial charge in [0.1, 0.15) is 11.1 Å². The molecule has 0 radical (unpaired) electrons. The van der Waals surface area contributed by atoms with E-state index >= 15 is 0 Å². The molecule has 0 aliphatic heterocycles. The fourth-order valence-electron chi connectivity index (χ4n) is 1.22. The number of carbonyl (C=O) groups is 4. The van der Waals surface area contributed by atoms with Gasteiger partial charge in [-0.25, -0.2) is 9.59 Å². The number of rotatable bonds is 4. The zero-order valence-electron chi connectivity index (χ0n) is 9.93. The normalized spacial score (nSPS) is 16.8. The molecule has 18 heavy (non-hydrogen) atoms. The van der Waals surface area contributed by atoms with Gasteiger partial charge in [-0.05, 0) is 13.3 Å². The molecule has 1 atom stereocenters. The van der Waals surface area contributed by atoms with Gasteiger partial charge >= 0.3 is 11.9 Å². The van der Waals surface area contributed by atoms with Crippen molar-refractivity contribution >= 4 is 23.5 Å². The number of esters is 1. The first kappa shape index (κ1) is 13.8. The maximum atomic E-state index is 11.6. The molecule has 1 rings (SSSR count). The van der Waals surface area contributed by atoms with Crippen molar-refractivity contribution in [2.75, 3.05) is 0 Å². The van der Waals surface area contributed by atoms with Crippen LogP contribution < -0.4 is 0 Å². The molecule has 0 heterocycles. The molecular weight excluding hydrogens is 240 g/mol. The molecule has 0 fully saturated rings. The summed E-state index contributed by atoms with van der Waals surface area (Å²) in [6.45, 7) is 3.44. The molecule has 6 nitrogen and oxygen atoms in total. The van der Waals surface area contributed by atoms with Gasteiger partial charge in [0.05, 0.1) is 6.10 Å². The van der Waals surface area contributed by atoms with E-state index in [0.717, 1.165) is 0 Å². The highest BCUT2D eigenvalue weighted by Crippen LogP contribution is 2.14. The van der Waals surface area contributed by atoms with Crippen molar-refractivity contribution < 1.29 is 29.0 Å². The summed E-state index contributed by atoms with van der Waals surface area (Å²) in [4.78, 5) is 45.1. The number of carboxylic acids is 1. The van der Waals surface area contributed by atoms with Crippen LogP contribution in [0.15, 0.2) is 23.3 Å². The molecular formula is C12H12O6. The van der Waals surface area contributed by atoms with Gasteiger partial charge in [-0.1, -0.05) is 6.92 Å². The van der Waals surface area contributed by atoms with Crippen molar-refractivity contribution in [3.8, 4) is 0 Å². The second kappa shape index (κ2) is 5.39. The van der Waals surface area contributed by atoms with Crippen molar-refractivity contribution in [3.63, 3.8) is 0 Å². The van der Waals surface area contributed by atoms with Crippen molar-refractivity contribution in [2.24, 2.45) is 0 Å². The number of aliphatic carboxylic acids is 1. The minimum Gasteiger partial charge on any atom is -0.478 e. The van der Waals surface area contributed by atoms with Crippen LogP contribution in [0.3, 0.4) is 0 Å². The summed E-state index contributed by atoms with van der Waals surface area (Å²) in [5.41, 5.74) is -1.09. The van der Waals surface area contributed by atoms with E-state index in [1.54, 1.807) is 13.8 Å². The van der Waals surface area contributed by atoms with E-state index in [1.165, 1.54) is 0 Å². The topological polar surface area (TPSA) is 97.7 Å². The first-order valence-electron chi connectivity index (χ1n) is 5.33. The third kappa shape index (κ3) is 2.91. The third-order valence-electron chi connectivity index (χ3n) is 2.42. The molecule has 0 aromatic heterocycles. The van der Waals surface area contributed by atoms with E-state index in [2.05, 4.69) is 0 Å². The molecule has 0 bridgehead atoms. The maximum Gasteiger partial charge on any atom is 0.342 e. The zero-order valence-corrected chi connectivity index (χ0v) is 9.93. The van der Waals surface area contributed by atoms with E-state index in [9.17, 15) is 19.2 Å². The highest BCUT2D eigenvalue weighted by Gasteiger charge is 2.29. The summed E-state index contributed by atoms with van der Waals surface area (Å²) in [6, 6.07) is 0. The highest BCUT2D eigenvalue weighted by atomic mass is 16.5. The third-order valence-corrected chi connectivity index (χ3v) is 2.42. The molecule has 0 amide bonds. The van der Waals surface area contributed by atoms with Crippen LogP contribution in [0.25, 0.3) is 0 Å². The molecule has 1 N–H and O–H groups in total. The van der Waals surface area contributed by atoms with E-state index in [1.807, 2.05) is 0 Å². The summed E-state index contributed by atoms with van der Waals surface area (Å²) in [7, 11) is 0. The Morgan fingerprint density at radius 3 is 2.22 bits per heavy atom. The number of allylic oxidation sites excluding steroid dienone is 2. The first-order chi connectivity index (χ1) is 8.36. The predicted octanol–water partition coefficient (Wildman–Crippen LogP) is 0.417. The van der Waals surface area contributed by atoms with Gasteiger partial charge in [-0.3, -0.25) is 9.59 Å². The van der Waals surface area contributed by atoms with Gasteiger partial charge in [-0.15, -0.1) is 0 Å². The first-order valence-corrected chi connectivity index (χ1v) is 5.33. The van der Waals surface area contributed by atoms with Gasteiger partial charge in [-0.2, -0.15) is 0 Å². The van der Waals surface area contributed by atoms with Gasteiger partial charge < -0.3 is 9.84 Å². The van der Waals surface area contributed by atoms with Crippen LogP contribution in [-0.2, 0) is 23.9 Å². The number of carboxylic acid groups (broad SMARTS) is 1. The lowest BCUT2D eigenvalue weighted by Gasteiger charge is -2.13. The molecule has 1 aliphatic carbocycles. The monoisotopic (exact) mass is 252 g/mol. The Kier molecular flexibility index (Phi) is 4.14. The van der Waals surface area contributed by atoms with Crippen LogP contribution in [0.2, 0.25) is 0 Å². The Bertz CT molecular complexity index is 483. The lowest BCUT2D eigenvalue weighted by Crippen LogP contribution is -2.25. The van der Waals surface area contributed by atoms with Crippen LogP contribution in [0.4, 0.5) is 0 Å². The summed E-state index contributed by atoms with van der Waals surface area (Å²) in [6.07, 6.45) is 1.53. The van der Waals surface area contributed by atoms with Crippen LogP contribution in [0, 0.1) is 0 Å². The molecule has 0 spiro atoms. The molecule has 96 valence electrons. The number of ether oxygens (including phenoxy) is 1. The standard InChI is InChI=1S/C12H12O6/c1-3-6(2)18-12(17)8-5-9(13)7(11(15)16)4-10(8)14/h4-6H,3H2,1-2H3,(H,15,16). The SMILES string of the molecule is CCC(C)OC(=O)C1=CC(=O)C(C(=O)O)=CC1=O. The Morgan fingerprint density at radius 1 is 1.22 bits per heavy atom. The predicted molar refractivity (Wildman–Crippen MR) is 59.7 cm³/mol. The molecule has 1 unspecified atom stereocenters. The number of carbonyl (C=O) groups excluding carboxylic acids is 3. The summed E-state index contributed by atoms with van der Waals surface area (Å²) in [5.74, 6) is -4.14. The van der Waals surface area contributed by atoms with Crippen molar-refractivity contribution in [2.45, 2.75) is 26.4 Å². The molecule has 6 heteroatoms. The average molecular weight is 252 g/mol. The second-order valence-corrected chi connectivity index (χ2v) is 3.77. The van der Waals surface area contributed by atoms with Crippen LogP contribution >= 0.6 is 0 Å². The van der Waals surface area contributed by atoms with E-state index in [4.69, 9.17) is 9.84 Å². The van der Waals surface area contributed by atoms with Crippen LogP contribution in [-0.4, -0.2) is 34.7 Å². The number of hydrogen-bond donors (Lipinski definition) is 1. The van der Waals surface area contributed by atoms with Gasteiger partial charge in [0.25, 0.3) is 0 Å². The molecule has 0 aromatic rings. The Morgan fingerprint density at radius 2 is 1.72 bits per heavy atom. The van der Waals surface area contributed by atoms with Crippen molar-refractivity contribution in [1.82, 2.24) is 0 Å². The van der Waals surface area contributed by atoms with Gasteiger partial charge in [0.2, 0.25) is 0 Å². The minimum atomic E-state index is -1.50. The second-order valence-electron chi connectivity index (χ2n) is 3.77. The summed E-state index contributed by atoms with van der Waals surface area (Å²) >= 11 is 0. The Balaban J connectivity index is 2.92. The molecule has 1 aliphatic rings. The number of ketones is 2. The summed E-state index contributed by atoms with van der Waals surface area (Å²) in [5, 5.41) is 8.65. The Labute approximate surface area is 103 Å². The quantitative estimate of drug-likeness (QED) is 0.442. The smallest absolute Gasteiger partial charge is 0.342 e. The fraction of sp³-hybridized carbons (Fsp3) is 0.333. The van der Waals surface area contributed by atoms with Gasteiger partial charge in [0.15, 0.2) is 11.6 Å². The van der Waals surface area contributed by atoms with E-state index < -0.39 is 34.7 Å². The molecule has 0 saturated carbocycles. The van der Waals surface area contributed by atoms with E-state index in [0.29, 0.717) is 18.6 Å². The van der Waals surface area contributed by atoms with Crippen LogP contribution in [0.1, 0.15) is 20.3 Å². The Hall–Kier alpha value is -2.24. The molecule has 0 aromatic carbocycles. The maximum absolute atomic E-state index is 11.6. The van der Waals surface area contributed by atoms with Crippen molar-refractivity contribution in [1.29, 1.82) is 0 Å². The van der Waals surface area contributed by atoms with Crippen LogP contribution in [0.5, 0.6) is 0 Å². The molecule has 0 saturated heterocycles. The highest BCUT2D eigenvalue weighted by molar-refractivity contribution is 6.35. The largest absolute Gasteiger partial charge is 0.478 e. The number of hydrogen-bond acceptors (Lipinski definition) is 5. The van der Waals surface area contributed by atoms with Gasteiger partial charge in [0, 0.05) is 12.2 Å². The van der Waals surface area contributed by atoms with Crippen molar-refractivity contribution in [3.05, 3.63) is 23.3 Å².